The highest BCUT2D eigenvalue weighted by Gasteiger charge is 2.15. The van der Waals surface area contributed by atoms with E-state index in [0.29, 0.717) is 29.8 Å². The third-order valence-electron chi connectivity index (χ3n) is 3.82. The van der Waals surface area contributed by atoms with E-state index in [4.69, 9.17) is 0 Å². The Morgan fingerprint density at radius 2 is 1.72 bits per heavy atom. The molecule has 2 rings (SSSR count). The quantitative estimate of drug-likeness (QED) is 0.725. The fraction of sp³-hybridized carbons (Fsp3) is 0.300. The van der Waals surface area contributed by atoms with Crippen LogP contribution < -0.4 is 5.32 Å². The first-order valence-electron chi connectivity index (χ1n) is 8.32. The van der Waals surface area contributed by atoms with Crippen molar-refractivity contribution in [1.29, 1.82) is 0 Å². The number of rotatable bonds is 8. The molecule has 2 aromatic rings. The molecule has 0 aliphatic heterocycles. The number of hydrogen-bond acceptors (Lipinski definition) is 4. The Balaban J connectivity index is 2.05. The largest absolute Gasteiger partial charge is 0.393 e. The minimum Gasteiger partial charge on any atom is -0.393 e. The Hall–Kier alpha value is -2.50. The smallest absolute Gasteiger partial charge is 0.238 e. The number of carbonyl (C=O) groups is 2. The normalized spacial score (nSPS) is 12.0. The van der Waals surface area contributed by atoms with Crippen molar-refractivity contribution in [3.05, 3.63) is 65.7 Å². The number of benzene rings is 2. The molecule has 2 N–H and O–H groups in total. The number of ketones is 1. The number of amides is 1. The Kier molecular flexibility index (Phi) is 6.86. The Morgan fingerprint density at radius 3 is 2.40 bits per heavy atom. The van der Waals surface area contributed by atoms with Gasteiger partial charge in [0.2, 0.25) is 5.91 Å². The van der Waals surface area contributed by atoms with Gasteiger partial charge in [-0.05, 0) is 32.5 Å². The molecule has 0 bridgehead atoms. The number of nitrogens with zero attached hydrogens (tertiary/aromatic N) is 1. The van der Waals surface area contributed by atoms with Crippen molar-refractivity contribution in [2.75, 3.05) is 25.5 Å². The summed E-state index contributed by atoms with van der Waals surface area (Å²) in [6, 6.07) is 16.0. The molecule has 2 aromatic carbocycles. The molecule has 0 spiro atoms. The van der Waals surface area contributed by atoms with Crippen molar-refractivity contribution in [3.63, 3.8) is 0 Å². The van der Waals surface area contributed by atoms with Crippen LogP contribution in [-0.4, -0.2) is 47.9 Å². The van der Waals surface area contributed by atoms with E-state index < -0.39 is 6.10 Å². The van der Waals surface area contributed by atoms with E-state index in [2.05, 4.69) is 5.32 Å². The molecule has 0 radical (unpaired) electrons. The maximum absolute atomic E-state index is 12.7. The summed E-state index contributed by atoms with van der Waals surface area (Å²) in [5, 5.41) is 12.1. The average molecular weight is 340 g/mol. The van der Waals surface area contributed by atoms with E-state index in [1.54, 1.807) is 43.3 Å². The van der Waals surface area contributed by atoms with Crippen LogP contribution in [0.5, 0.6) is 0 Å². The molecule has 5 heteroatoms. The second kappa shape index (κ2) is 9.11. The molecule has 0 fully saturated rings. The van der Waals surface area contributed by atoms with Gasteiger partial charge in [0.1, 0.15) is 0 Å². The molecule has 0 saturated carbocycles. The van der Waals surface area contributed by atoms with Crippen molar-refractivity contribution in [1.82, 2.24) is 4.90 Å². The zero-order valence-corrected chi connectivity index (χ0v) is 14.6. The van der Waals surface area contributed by atoms with Crippen molar-refractivity contribution < 1.29 is 14.7 Å². The first-order chi connectivity index (χ1) is 12.0. The van der Waals surface area contributed by atoms with Gasteiger partial charge in [-0.1, -0.05) is 42.5 Å². The number of aliphatic hydroxyl groups is 1. The van der Waals surface area contributed by atoms with Crippen LogP contribution >= 0.6 is 0 Å². The highest BCUT2D eigenvalue weighted by atomic mass is 16.3. The molecule has 1 atom stereocenters. The first kappa shape index (κ1) is 18.8. The maximum atomic E-state index is 12.7. The third-order valence-corrected chi connectivity index (χ3v) is 3.82. The van der Waals surface area contributed by atoms with Gasteiger partial charge in [-0.2, -0.15) is 0 Å². The second-order valence-electron chi connectivity index (χ2n) is 6.16. The topological polar surface area (TPSA) is 69.6 Å². The number of aliphatic hydroxyl groups excluding tert-OH is 1. The van der Waals surface area contributed by atoms with E-state index in [0.717, 1.165) is 0 Å². The molecule has 1 unspecified atom stereocenters. The van der Waals surface area contributed by atoms with Gasteiger partial charge in [-0.25, -0.2) is 0 Å². The number of nitrogens with one attached hydrogen (secondary N) is 1. The minimum atomic E-state index is -0.394. The van der Waals surface area contributed by atoms with Gasteiger partial charge in [0.25, 0.3) is 0 Å². The molecule has 132 valence electrons. The third kappa shape index (κ3) is 5.81. The minimum absolute atomic E-state index is 0.126. The van der Waals surface area contributed by atoms with Gasteiger partial charge >= 0.3 is 0 Å². The number of hydrogen-bond donors (Lipinski definition) is 2. The van der Waals surface area contributed by atoms with E-state index in [-0.39, 0.29) is 18.2 Å². The molecule has 0 saturated heterocycles. The Labute approximate surface area is 148 Å². The summed E-state index contributed by atoms with van der Waals surface area (Å²) in [5.74, 6) is -0.319. The lowest BCUT2D eigenvalue weighted by Gasteiger charge is -2.17. The molecule has 1 amide bonds. The summed E-state index contributed by atoms with van der Waals surface area (Å²) in [7, 11) is 1.82. The molecular formula is C20H24N2O3. The van der Waals surface area contributed by atoms with Crippen molar-refractivity contribution in [3.8, 4) is 0 Å². The number of anilines is 1. The summed E-state index contributed by atoms with van der Waals surface area (Å²) in [6.07, 6.45) is 0.210. The van der Waals surface area contributed by atoms with Crippen LogP contribution in [0.3, 0.4) is 0 Å². The molecular weight excluding hydrogens is 316 g/mol. The predicted molar refractivity (Wildman–Crippen MR) is 98.7 cm³/mol. The number of para-hydroxylation sites is 1. The fourth-order valence-corrected chi connectivity index (χ4v) is 2.46. The van der Waals surface area contributed by atoms with Crippen molar-refractivity contribution in [2.45, 2.75) is 19.4 Å². The summed E-state index contributed by atoms with van der Waals surface area (Å²) in [5.41, 5.74) is 1.55. The standard InChI is InChI=1S/C20H24N2O3/c1-15(23)12-13-22(2)14-19(24)21-18-11-7-6-10-17(18)20(25)16-8-4-3-5-9-16/h3-11,15,23H,12-14H2,1-2H3,(H,21,24). The summed E-state index contributed by atoms with van der Waals surface area (Å²) >= 11 is 0. The Bertz CT molecular complexity index is 714. The van der Waals surface area contributed by atoms with Gasteiger partial charge in [-0.3, -0.25) is 14.5 Å². The maximum Gasteiger partial charge on any atom is 0.238 e. The molecule has 0 aliphatic rings. The van der Waals surface area contributed by atoms with Gasteiger partial charge in [0.05, 0.1) is 18.3 Å². The van der Waals surface area contributed by atoms with Crippen LogP contribution in [0.2, 0.25) is 0 Å². The van der Waals surface area contributed by atoms with Gasteiger partial charge in [0.15, 0.2) is 5.78 Å². The summed E-state index contributed by atoms with van der Waals surface area (Å²) in [4.78, 5) is 26.7. The van der Waals surface area contributed by atoms with E-state index in [1.165, 1.54) is 0 Å². The van der Waals surface area contributed by atoms with Crippen molar-refractivity contribution in [2.24, 2.45) is 0 Å². The Morgan fingerprint density at radius 1 is 1.08 bits per heavy atom. The monoisotopic (exact) mass is 340 g/mol. The lowest BCUT2D eigenvalue weighted by atomic mass is 10.0. The zero-order chi connectivity index (χ0) is 18.2. The van der Waals surface area contributed by atoms with E-state index in [9.17, 15) is 14.7 Å². The van der Waals surface area contributed by atoms with Crippen LogP contribution in [-0.2, 0) is 4.79 Å². The number of likely N-dealkylation sites (N-methyl/N-ethyl adjacent to an activating group) is 1. The molecule has 25 heavy (non-hydrogen) atoms. The molecule has 0 aromatic heterocycles. The van der Waals surface area contributed by atoms with Gasteiger partial charge in [0, 0.05) is 17.7 Å². The lowest BCUT2D eigenvalue weighted by Crippen LogP contribution is -2.32. The second-order valence-corrected chi connectivity index (χ2v) is 6.16. The fourth-order valence-electron chi connectivity index (χ4n) is 2.46. The highest BCUT2D eigenvalue weighted by Crippen LogP contribution is 2.19. The van der Waals surface area contributed by atoms with E-state index >= 15 is 0 Å². The lowest BCUT2D eigenvalue weighted by molar-refractivity contribution is -0.117. The number of carbonyl (C=O) groups excluding carboxylic acids is 2. The molecule has 5 nitrogen and oxygen atoms in total. The van der Waals surface area contributed by atoms with Crippen LogP contribution in [0, 0.1) is 0 Å². The van der Waals surface area contributed by atoms with Gasteiger partial charge < -0.3 is 10.4 Å². The average Bonchev–Trinajstić information content (AvgIpc) is 2.60. The molecule has 0 aliphatic carbocycles. The van der Waals surface area contributed by atoms with Crippen LogP contribution in [0.1, 0.15) is 29.3 Å². The zero-order valence-electron chi connectivity index (χ0n) is 14.6. The summed E-state index contributed by atoms with van der Waals surface area (Å²) in [6.45, 7) is 2.54. The van der Waals surface area contributed by atoms with Crippen molar-refractivity contribution >= 4 is 17.4 Å². The predicted octanol–water partition coefficient (Wildman–Crippen LogP) is 2.56. The van der Waals surface area contributed by atoms with Crippen LogP contribution in [0.4, 0.5) is 5.69 Å². The van der Waals surface area contributed by atoms with Crippen LogP contribution in [0.25, 0.3) is 0 Å². The highest BCUT2D eigenvalue weighted by molar-refractivity contribution is 6.13. The van der Waals surface area contributed by atoms with Gasteiger partial charge in [-0.15, -0.1) is 0 Å². The molecule has 0 heterocycles. The SMILES string of the molecule is CC(O)CCN(C)CC(=O)Nc1ccccc1C(=O)c1ccccc1. The van der Waals surface area contributed by atoms with Crippen LogP contribution in [0.15, 0.2) is 54.6 Å². The first-order valence-corrected chi connectivity index (χ1v) is 8.32. The summed E-state index contributed by atoms with van der Waals surface area (Å²) < 4.78 is 0. The van der Waals surface area contributed by atoms with E-state index in [1.807, 2.05) is 30.1 Å².